The quantitative estimate of drug-likeness (QED) is 0.288. The summed E-state index contributed by atoms with van der Waals surface area (Å²) in [7, 11) is 0. The van der Waals surface area contributed by atoms with Gasteiger partial charge in [-0.2, -0.15) is 10.2 Å². The first-order chi connectivity index (χ1) is 15.2. The van der Waals surface area contributed by atoms with Gasteiger partial charge in [-0.25, -0.2) is 10.9 Å². The van der Waals surface area contributed by atoms with Gasteiger partial charge in [0.1, 0.15) is 0 Å². The van der Waals surface area contributed by atoms with E-state index in [9.17, 15) is 9.59 Å². The van der Waals surface area contributed by atoms with Gasteiger partial charge in [0.25, 0.3) is 0 Å². The highest BCUT2D eigenvalue weighted by molar-refractivity contribution is 6.00. The molecule has 31 heavy (non-hydrogen) atoms. The van der Waals surface area contributed by atoms with Crippen molar-refractivity contribution < 1.29 is 9.59 Å². The van der Waals surface area contributed by atoms with E-state index in [0.717, 1.165) is 32.9 Å². The van der Waals surface area contributed by atoms with Crippen molar-refractivity contribution in [2.75, 3.05) is 0 Å². The summed E-state index contributed by atoms with van der Waals surface area (Å²) in [5.41, 5.74) is 8.82. The largest absolute Gasteiger partial charge is 0.361 e. The highest BCUT2D eigenvalue weighted by Gasteiger charge is 2.48. The number of nitrogens with one attached hydrogen (secondary N) is 4. The fourth-order valence-corrected chi connectivity index (χ4v) is 3.67. The van der Waals surface area contributed by atoms with Gasteiger partial charge in [-0.3, -0.25) is 9.59 Å². The smallest absolute Gasteiger partial charge is 0.244 e. The molecule has 8 heteroatoms. The second kappa shape index (κ2) is 7.91. The summed E-state index contributed by atoms with van der Waals surface area (Å²) in [6.07, 6.45) is 7.35. The molecule has 0 spiro atoms. The molecule has 4 N–H and O–H groups in total. The Hall–Kier alpha value is -4.20. The summed E-state index contributed by atoms with van der Waals surface area (Å²) < 4.78 is 0. The van der Waals surface area contributed by atoms with Crippen molar-refractivity contribution >= 4 is 46.0 Å². The SMILES string of the molecule is O=C(N/N=C/c1c[nH]c2ccccc12)C1CC1C(=O)N/N=C/c1c[nH]c2ccccc12. The van der Waals surface area contributed by atoms with Gasteiger partial charge in [0.15, 0.2) is 0 Å². The normalized spacial score (nSPS) is 18.2. The molecule has 0 saturated heterocycles. The molecule has 4 aromatic rings. The lowest BCUT2D eigenvalue weighted by atomic mass is 10.2. The number of H-pyrrole nitrogens is 2. The molecule has 0 radical (unpaired) electrons. The fourth-order valence-electron chi connectivity index (χ4n) is 3.67. The van der Waals surface area contributed by atoms with Crippen LogP contribution in [-0.2, 0) is 9.59 Å². The van der Waals surface area contributed by atoms with E-state index in [0.29, 0.717) is 6.42 Å². The molecule has 1 aliphatic carbocycles. The van der Waals surface area contributed by atoms with Crippen LogP contribution in [0, 0.1) is 11.8 Å². The number of carbonyl (C=O) groups excluding carboxylic acids is 2. The summed E-state index contributed by atoms with van der Waals surface area (Å²) in [5, 5.41) is 10.1. The standard InChI is InChI=1S/C23H20N6O2/c30-22(28-26-12-14-10-24-20-7-3-1-5-16(14)20)18-9-19(18)23(31)29-27-13-15-11-25-21-8-4-2-6-17(15)21/h1-8,10-13,18-19,24-25H,9H2,(H,28,30)(H,29,31)/b26-12+,27-13+. The van der Waals surface area contributed by atoms with Crippen LogP contribution in [0.3, 0.4) is 0 Å². The van der Waals surface area contributed by atoms with Crippen molar-refractivity contribution in [3.63, 3.8) is 0 Å². The Balaban J connectivity index is 1.13. The molecule has 2 aromatic heterocycles. The van der Waals surface area contributed by atoms with E-state index in [1.165, 1.54) is 0 Å². The van der Waals surface area contributed by atoms with Gasteiger partial charge in [0.05, 0.1) is 24.3 Å². The molecule has 2 aromatic carbocycles. The molecule has 0 bridgehead atoms. The van der Waals surface area contributed by atoms with Crippen molar-refractivity contribution in [3.05, 3.63) is 72.1 Å². The summed E-state index contributed by atoms with van der Waals surface area (Å²) >= 11 is 0. The van der Waals surface area contributed by atoms with E-state index in [1.807, 2.05) is 60.9 Å². The van der Waals surface area contributed by atoms with E-state index in [4.69, 9.17) is 0 Å². The average Bonchev–Trinajstić information content (AvgIpc) is 3.35. The maximum Gasteiger partial charge on any atom is 0.244 e. The number of rotatable bonds is 6. The minimum absolute atomic E-state index is 0.267. The molecule has 2 atom stereocenters. The monoisotopic (exact) mass is 412 g/mol. The third-order valence-electron chi connectivity index (χ3n) is 5.46. The number of hydrazone groups is 2. The summed E-state index contributed by atoms with van der Waals surface area (Å²) in [4.78, 5) is 30.8. The Morgan fingerprint density at radius 2 is 1.23 bits per heavy atom. The third kappa shape index (κ3) is 3.83. The number of aromatic nitrogens is 2. The van der Waals surface area contributed by atoms with Crippen molar-refractivity contribution in [3.8, 4) is 0 Å². The lowest BCUT2D eigenvalue weighted by Crippen LogP contribution is -2.25. The Morgan fingerprint density at radius 1 is 0.774 bits per heavy atom. The third-order valence-corrected chi connectivity index (χ3v) is 5.46. The molecule has 8 nitrogen and oxygen atoms in total. The summed E-state index contributed by atoms with van der Waals surface area (Å²) in [5.74, 6) is -1.31. The Morgan fingerprint density at radius 3 is 1.71 bits per heavy atom. The molecule has 1 saturated carbocycles. The number of benzene rings is 2. The second-order valence-corrected chi connectivity index (χ2v) is 7.50. The van der Waals surface area contributed by atoms with Crippen LogP contribution in [0.2, 0.25) is 0 Å². The van der Waals surface area contributed by atoms with Crippen LogP contribution in [0.15, 0.2) is 71.1 Å². The second-order valence-electron chi connectivity index (χ2n) is 7.50. The van der Waals surface area contributed by atoms with E-state index in [2.05, 4.69) is 31.0 Å². The molecular weight excluding hydrogens is 392 g/mol. The zero-order chi connectivity index (χ0) is 21.2. The van der Waals surface area contributed by atoms with Gasteiger partial charge >= 0.3 is 0 Å². The zero-order valence-electron chi connectivity index (χ0n) is 16.5. The van der Waals surface area contributed by atoms with Crippen molar-refractivity contribution in [2.24, 2.45) is 22.0 Å². The number of nitrogens with zero attached hydrogens (tertiary/aromatic N) is 2. The molecule has 0 aliphatic heterocycles. The molecular formula is C23H20N6O2. The van der Waals surface area contributed by atoms with Crippen LogP contribution in [0.5, 0.6) is 0 Å². The highest BCUT2D eigenvalue weighted by atomic mass is 16.2. The molecule has 1 fully saturated rings. The Labute approximate surface area is 177 Å². The van der Waals surface area contributed by atoms with E-state index >= 15 is 0 Å². The van der Waals surface area contributed by atoms with Crippen molar-refractivity contribution in [1.82, 2.24) is 20.8 Å². The predicted octanol–water partition coefficient (Wildman–Crippen LogP) is 2.89. The van der Waals surface area contributed by atoms with Gasteiger partial charge in [-0.1, -0.05) is 36.4 Å². The lowest BCUT2D eigenvalue weighted by Gasteiger charge is -1.99. The number of aromatic amines is 2. The lowest BCUT2D eigenvalue weighted by molar-refractivity contribution is -0.127. The number of amides is 2. The average molecular weight is 412 g/mol. The molecule has 2 amide bonds. The highest BCUT2D eigenvalue weighted by Crippen LogP contribution is 2.38. The molecule has 2 heterocycles. The van der Waals surface area contributed by atoms with Crippen LogP contribution in [-0.4, -0.2) is 34.2 Å². The Kier molecular flexibility index (Phi) is 4.80. The van der Waals surface area contributed by atoms with Crippen LogP contribution < -0.4 is 10.9 Å². The number of para-hydroxylation sites is 2. The Bertz CT molecular complexity index is 1230. The minimum Gasteiger partial charge on any atom is -0.361 e. The number of hydrogen-bond acceptors (Lipinski definition) is 4. The number of hydrogen-bond donors (Lipinski definition) is 4. The summed E-state index contributed by atoms with van der Waals surface area (Å²) in [6.45, 7) is 0. The van der Waals surface area contributed by atoms with Gasteiger partial charge in [0, 0.05) is 45.3 Å². The minimum atomic E-state index is -0.386. The number of carbonyl (C=O) groups is 2. The first kappa shape index (κ1) is 18.8. The fraction of sp³-hybridized carbons (Fsp3) is 0.130. The van der Waals surface area contributed by atoms with Crippen LogP contribution in [0.4, 0.5) is 0 Å². The molecule has 5 rings (SSSR count). The van der Waals surface area contributed by atoms with Gasteiger partial charge < -0.3 is 9.97 Å². The van der Waals surface area contributed by atoms with Crippen LogP contribution in [0.25, 0.3) is 21.8 Å². The maximum absolute atomic E-state index is 12.3. The van der Waals surface area contributed by atoms with Crippen LogP contribution in [0.1, 0.15) is 17.5 Å². The van der Waals surface area contributed by atoms with Crippen molar-refractivity contribution in [2.45, 2.75) is 6.42 Å². The van der Waals surface area contributed by atoms with Gasteiger partial charge in [-0.05, 0) is 18.6 Å². The molecule has 154 valence electrons. The number of fused-ring (bicyclic) bond motifs is 2. The first-order valence-electron chi connectivity index (χ1n) is 9.99. The molecule has 2 unspecified atom stereocenters. The van der Waals surface area contributed by atoms with Gasteiger partial charge in [-0.15, -0.1) is 0 Å². The van der Waals surface area contributed by atoms with Gasteiger partial charge in [0.2, 0.25) is 11.8 Å². The van der Waals surface area contributed by atoms with Crippen LogP contribution >= 0.6 is 0 Å². The van der Waals surface area contributed by atoms with Crippen molar-refractivity contribution in [1.29, 1.82) is 0 Å². The zero-order valence-corrected chi connectivity index (χ0v) is 16.5. The van der Waals surface area contributed by atoms with E-state index in [1.54, 1.807) is 12.4 Å². The molecule has 1 aliphatic rings. The topological polar surface area (TPSA) is 114 Å². The maximum atomic E-state index is 12.3. The predicted molar refractivity (Wildman–Crippen MR) is 120 cm³/mol. The first-order valence-corrected chi connectivity index (χ1v) is 9.99. The van der Waals surface area contributed by atoms with E-state index in [-0.39, 0.29) is 23.7 Å². The van der Waals surface area contributed by atoms with E-state index < -0.39 is 0 Å². The summed E-state index contributed by atoms with van der Waals surface area (Å²) in [6, 6.07) is 15.7.